The Morgan fingerprint density at radius 3 is 2.57 bits per heavy atom. The third kappa shape index (κ3) is 3.48. The molecule has 1 aromatic carbocycles. The SMILES string of the molecule is CCCc1nc(-c2ccc(F)c(C(F)(F)F)c2)cc(=O)[nH]1. The molecule has 0 saturated heterocycles. The van der Waals surface area contributed by atoms with E-state index in [2.05, 4.69) is 9.97 Å². The van der Waals surface area contributed by atoms with Crippen LogP contribution in [0.2, 0.25) is 0 Å². The lowest BCUT2D eigenvalue weighted by molar-refractivity contribution is -0.139. The lowest BCUT2D eigenvalue weighted by Crippen LogP contribution is -2.12. The van der Waals surface area contributed by atoms with Gasteiger partial charge in [-0.25, -0.2) is 9.37 Å². The van der Waals surface area contributed by atoms with Crippen LogP contribution in [-0.4, -0.2) is 9.97 Å². The third-order valence-electron chi connectivity index (χ3n) is 2.85. The molecule has 0 amide bonds. The Kier molecular flexibility index (Phi) is 4.11. The standard InChI is InChI=1S/C14H12F4N2O/c1-2-3-12-19-11(7-13(21)20-12)8-4-5-10(15)9(6-8)14(16,17)18/h4-7H,2-3H2,1H3,(H,19,20,21). The molecular weight excluding hydrogens is 288 g/mol. The van der Waals surface area contributed by atoms with Gasteiger partial charge in [-0.1, -0.05) is 6.92 Å². The van der Waals surface area contributed by atoms with Crippen molar-refractivity contribution in [3.8, 4) is 11.3 Å². The second-order valence-electron chi connectivity index (χ2n) is 4.52. The zero-order valence-electron chi connectivity index (χ0n) is 11.1. The van der Waals surface area contributed by atoms with Gasteiger partial charge in [-0.15, -0.1) is 0 Å². The highest BCUT2D eigenvalue weighted by molar-refractivity contribution is 5.60. The molecule has 112 valence electrons. The van der Waals surface area contributed by atoms with E-state index in [0.29, 0.717) is 18.3 Å². The molecule has 0 aliphatic heterocycles. The van der Waals surface area contributed by atoms with Crippen molar-refractivity contribution in [2.45, 2.75) is 25.9 Å². The number of nitrogens with zero attached hydrogens (tertiary/aromatic N) is 1. The number of aryl methyl sites for hydroxylation is 1. The van der Waals surface area contributed by atoms with Crippen LogP contribution in [0.3, 0.4) is 0 Å². The summed E-state index contributed by atoms with van der Waals surface area (Å²) in [5, 5.41) is 0. The number of hydrogen-bond acceptors (Lipinski definition) is 2. The lowest BCUT2D eigenvalue weighted by atomic mass is 10.1. The van der Waals surface area contributed by atoms with E-state index in [0.717, 1.165) is 18.6 Å². The number of H-pyrrole nitrogens is 1. The molecule has 3 nitrogen and oxygen atoms in total. The van der Waals surface area contributed by atoms with Crippen molar-refractivity contribution in [2.24, 2.45) is 0 Å². The van der Waals surface area contributed by atoms with Crippen LogP contribution in [-0.2, 0) is 12.6 Å². The lowest BCUT2D eigenvalue weighted by Gasteiger charge is -2.10. The topological polar surface area (TPSA) is 45.8 Å². The van der Waals surface area contributed by atoms with Crippen molar-refractivity contribution in [3.05, 3.63) is 51.8 Å². The van der Waals surface area contributed by atoms with E-state index in [-0.39, 0.29) is 11.3 Å². The summed E-state index contributed by atoms with van der Waals surface area (Å²) in [5.41, 5.74) is -1.69. The number of rotatable bonds is 3. The first kappa shape index (κ1) is 15.2. The Morgan fingerprint density at radius 1 is 1.24 bits per heavy atom. The maximum atomic E-state index is 13.3. The normalized spacial score (nSPS) is 11.7. The van der Waals surface area contributed by atoms with E-state index in [9.17, 15) is 22.4 Å². The summed E-state index contributed by atoms with van der Waals surface area (Å²) in [6, 6.07) is 3.64. The van der Waals surface area contributed by atoms with Crippen molar-refractivity contribution in [1.29, 1.82) is 0 Å². The minimum Gasteiger partial charge on any atom is -0.311 e. The Bertz CT molecular complexity index is 707. The van der Waals surface area contributed by atoms with Gasteiger partial charge < -0.3 is 4.98 Å². The summed E-state index contributed by atoms with van der Waals surface area (Å²) in [5.74, 6) is -0.970. The molecular formula is C14H12F4N2O. The molecule has 2 rings (SSSR count). The Morgan fingerprint density at radius 2 is 1.95 bits per heavy atom. The minimum absolute atomic E-state index is 0.0483. The smallest absolute Gasteiger partial charge is 0.311 e. The first-order valence-corrected chi connectivity index (χ1v) is 6.28. The van der Waals surface area contributed by atoms with Crippen LogP contribution in [0.5, 0.6) is 0 Å². The molecule has 0 bridgehead atoms. The molecule has 0 aliphatic rings. The van der Waals surface area contributed by atoms with Gasteiger partial charge in [-0.05, 0) is 24.6 Å². The largest absolute Gasteiger partial charge is 0.419 e. The molecule has 1 heterocycles. The maximum Gasteiger partial charge on any atom is 0.419 e. The maximum absolute atomic E-state index is 13.3. The summed E-state index contributed by atoms with van der Waals surface area (Å²) in [7, 11) is 0. The number of halogens is 4. The number of aromatic nitrogens is 2. The van der Waals surface area contributed by atoms with Gasteiger partial charge in [0.15, 0.2) is 0 Å². The van der Waals surface area contributed by atoms with Crippen LogP contribution in [0.1, 0.15) is 24.7 Å². The first-order valence-electron chi connectivity index (χ1n) is 6.28. The van der Waals surface area contributed by atoms with E-state index in [1.807, 2.05) is 6.92 Å². The molecule has 0 fully saturated rings. The van der Waals surface area contributed by atoms with Gasteiger partial charge >= 0.3 is 6.18 Å². The van der Waals surface area contributed by atoms with Crippen LogP contribution in [0.15, 0.2) is 29.1 Å². The van der Waals surface area contributed by atoms with Crippen molar-refractivity contribution in [3.63, 3.8) is 0 Å². The average Bonchev–Trinajstić information content (AvgIpc) is 2.37. The zero-order valence-corrected chi connectivity index (χ0v) is 11.1. The minimum atomic E-state index is -4.80. The molecule has 0 radical (unpaired) electrons. The van der Waals surface area contributed by atoms with Gasteiger partial charge in [0, 0.05) is 18.1 Å². The predicted molar refractivity (Wildman–Crippen MR) is 69.2 cm³/mol. The number of hydrogen-bond donors (Lipinski definition) is 1. The predicted octanol–water partition coefficient (Wildman–Crippen LogP) is 3.55. The van der Waals surface area contributed by atoms with Gasteiger partial charge in [-0.3, -0.25) is 4.79 Å². The fourth-order valence-electron chi connectivity index (χ4n) is 1.91. The molecule has 21 heavy (non-hydrogen) atoms. The first-order chi connectivity index (χ1) is 9.81. The van der Waals surface area contributed by atoms with Gasteiger partial charge in [-0.2, -0.15) is 13.2 Å². The molecule has 2 aromatic rings. The van der Waals surface area contributed by atoms with E-state index in [1.54, 1.807) is 0 Å². The highest BCUT2D eigenvalue weighted by Gasteiger charge is 2.34. The number of benzene rings is 1. The fraction of sp³-hybridized carbons (Fsp3) is 0.286. The van der Waals surface area contributed by atoms with Gasteiger partial charge in [0.2, 0.25) is 0 Å². The monoisotopic (exact) mass is 300 g/mol. The quantitative estimate of drug-likeness (QED) is 0.881. The molecule has 0 spiro atoms. The van der Waals surface area contributed by atoms with Gasteiger partial charge in [0.25, 0.3) is 5.56 Å². The zero-order chi connectivity index (χ0) is 15.6. The van der Waals surface area contributed by atoms with E-state index >= 15 is 0 Å². The Balaban J connectivity index is 2.55. The molecule has 0 unspecified atom stereocenters. The average molecular weight is 300 g/mol. The number of alkyl halides is 3. The van der Waals surface area contributed by atoms with Gasteiger partial charge in [0.05, 0.1) is 11.3 Å². The van der Waals surface area contributed by atoms with Crippen LogP contribution in [0.4, 0.5) is 17.6 Å². The van der Waals surface area contributed by atoms with E-state index in [4.69, 9.17) is 0 Å². The Hall–Kier alpha value is -2.18. The highest BCUT2D eigenvalue weighted by Crippen LogP contribution is 2.33. The summed E-state index contributed by atoms with van der Waals surface area (Å²) in [6.07, 6.45) is -3.58. The van der Waals surface area contributed by atoms with Crippen molar-refractivity contribution < 1.29 is 17.6 Å². The Labute approximate surface area is 117 Å². The van der Waals surface area contributed by atoms with Crippen LogP contribution in [0, 0.1) is 5.82 Å². The second-order valence-corrected chi connectivity index (χ2v) is 4.52. The van der Waals surface area contributed by atoms with Crippen molar-refractivity contribution >= 4 is 0 Å². The van der Waals surface area contributed by atoms with Crippen LogP contribution in [0.25, 0.3) is 11.3 Å². The molecule has 0 atom stereocenters. The molecule has 0 aliphatic carbocycles. The molecule has 1 N–H and O–H groups in total. The second kappa shape index (κ2) is 5.67. The molecule has 7 heteroatoms. The highest BCUT2D eigenvalue weighted by atomic mass is 19.4. The molecule has 0 saturated carbocycles. The van der Waals surface area contributed by atoms with Crippen LogP contribution < -0.4 is 5.56 Å². The van der Waals surface area contributed by atoms with Crippen LogP contribution >= 0.6 is 0 Å². The fourth-order valence-corrected chi connectivity index (χ4v) is 1.91. The molecule has 1 aromatic heterocycles. The van der Waals surface area contributed by atoms with Crippen molar-refractivity contribution in [1.82, 2.24) is 9.97 Å². The summed E-state index contributed by atoms with van der Waals surface area (Å²) in [6.45, 7) is 1.88. The van der Waals surface area contributed by atoms with Gasteiger partial charge in [0.1, 0.15) is 11.6 Å². The summed E-state index contributed by atoms with van der Waals surface area (Å²) >= 11 is 0. The van der Waals surface area contributed by atoms with E-state index in [1.165, 1.54) is 6.07 Å². The third-order valence-corrected chi connectivity index (χ3v) is 2.85. The number of nitrogens with one attached hydrogen (secondary N) is 1. The number of aromatic amines is 1. The van der Waals surface area contributed by atoms with E-state index < -0.39 is 23.1 Å². The van der Waals surface area contributed by atoms with Crippen molar-refractivity contribution in [2.75, 3.05) is 0 Å². The summed E-state index contributed by atoms with van der Waals surface area (Å²) < 4.78 is 51.3. The summed E-state index contributed by atoms with van der Waals surface area (Å²) in [4.78, 5) is 18.1.